The molecule has 1 aromatic heterocycles. The number of aromatic nitrogens is 1. The van der Waals surface area contributed by atoms with Crippen LogP contribution in [0.1, 0.15) is 26.0 Å². The predicted molar refractivity (Wildman–Crippen MR) is 66.3 cm³/mol. The molecule has 17 heavy (non-hydrogen) atoms. The number of amides is 1. The minimum Gasteiger partial charge on any atom is -0.336 e. The molecule has 0 saturated carbocycles. The van der Waals surface area contributed by atoms with E-state index < -0.39 is 0 Å². The molecule has 1 atom stereocenters. The maximum Gasteiger partial charge on any atom is 0.229 e. The lowest BCUT2D eigenvalue weighted by molar-refractivity contribution is -0.133. The van der Waals surface area contributed by atoms with E-state index >= 15 is 0 Å². The van der Waals surface area contributed by atoms with Crippen molar-refractivity contribution in [2.24, 2.45) is 5.73 Å². The topological polar surface area (TPSA) is 59.2 Å². The van der Waals surface area contributed by atoms with E-state index in [0.29, 0.717) is 13.0 Å². The van der Waals surface area contributed by atoms with Crippen LogP contribution in [0.2, 0.25) is 0 Å². The summed E-state index contributed by atoms with van der Waals surface area (Å²) in [5.74, 6) is 0.113. The Morgan fingerprint density at radius 1 is 1.59 bits per heavy atom. The van der Waals surface area contributed by atoms with Gasteiger partial charge in [0, 0.05) is 30.0 Å². The first-order valence-electron chi connectivity index (χ1n) is 5.95. The number of pyridine rings is 1. The molecule has 1 aliphatic heterocycles. The molecule has 0 radical (unpaired) electrons. The highest BCUT2D eigenvalue weighted by atomic mass is 16.2. The van der Waals surface area contributed by atoms with Crippen LogP contribution in [0, 0.1) is 0 Å². The van der Waals surface area contributed by atoms with Crippen molar-refractivity contribution in [1.82, 2.24) is 9.88 Å². The van der Waals surface area contributed by atoms with E-state index in [9.17, 15) is 4.79 Å². The van der Waals surface area contributed by atoms with E-state index in [-0.39, 0.29) is 17.5 Å². The Bertz CT molecular complexity index is 402. The molecule has 4 nitrogen and oxygen atoms in total. The minimum absolute atomic E-state index is 0.0951. The summed E-state index contributed by atoms with van der Waals surface area (Å²) < 4.78 is 0. The van der Waals surface area contributed by atoms with E-state index in [1.54, 1.807) is 6.20 Å². The molecule has 0 bridgehead atoms. The largest absolute Gasteiger partial charge is 0.336 e. The van der Waals surface area contributed by atoms with Gasteiger partial charge >= 0.3 is 0 Å². The fraction of sp³-hybridized carbons (Fsp3) is 0.538. The smallest absolute Gasteiger partial charge is 0.229 e. The monoisotopic (exact) mass is 233 g/mol. The van der Waals surface area contributed by atoms with Crippen molar-refractivity contribution in [3.63, 3.8) is 0 Å². The van der Waals surface area contributed by atoms with Gasteiger partial charge in [0.2, 0.25) is 5.91 Å². The van der Waals surface area contributed by atoms with Gasteiger partial charge in [0.15, 0.2) is 0 Å². The second-order valence-corrected chi connectivity index (χ2v) is 5.28. The maximum absolute atomic E-state index is 12.2. The molecule has 1 fully saturated rings. The third-order valence-corrected chi connectivity index (χ3v) is 3.27. The second kappa shape index (κ2) is 4.45. The van der Waals surface area contributed by atoms with Gasteiger partial charge in [-0.1, -0.05) is 6.07 Å². The highest BCUT2D eigenvalue weighted by Gasteiger charge is 2.39. The molecule has 0 aliphatic carbocycles. The number of likely N-dealkylation sites (tertiary alicyclic amines) is 1. The Balaban J connectivity index is 2.06. The van der Waals surface area contributed by atoms with Crippen molar-refractivity contribution in [3.05, 3.63) is 30.1 Å². The molecule has 4 heteroatoms. The standard InChI is InChI=1S/C13H19N3O/c1-13(2)8-10(14)9-16(13)12(17)7-11-5-3-4-6-15-11/h3-6,10H,7-9,14H2,1-2H3. The van der Waals surface area contributed by atoms with Gasteiger partial charge in [-0.05, 0) is 32.4 Å². The summed E-state index contributed by atoms with van der Waals surface area (Å²) in [7, 11) is 0. The fourth-order valence-corrected chi connectivity index (χ4v) is 2.49. The fourth-order valence-electron chi connectivity index (χ4n) is 2.49. The van der Waals surface area contributed by atoms with Crippen molar-refractivity contribution >= 4 is 5.91 Å². The predicted octanol–water partition coefficient (Wildman–Crippen LogP) is 0.962. The Morgan fingerprint density at radius 3 is 2.88 bits per heavy atom. The van der Waals surface area contributed by atoms with Crippen LogP contribution in [-0.4, -0.2) is 33.9 Å². The van der Waals surface area contributed by atoms with Crippen LogP contribution in [0.15, 0.2) is 24.4 Å². The SMILES string of the molecule is CC1(C)CC(N)CN1C(=O)Cc1ccccn1. The number of nitrogens with two attached hydrogens (primary N) is 1. The highest BCUT2D eigenvalue weighted by molar-refractivity contribution is 5.79. The number of nitrogens with zero attached hydrogens (tertiary/aromatic N) is 2. The zero-order valence-electron chi connectivity index (χ0n) is 10.4. The van der Waals surface area contributed by atoms with Crippen LogP contribution >= 0.6 is 0 Å². The first kappa shape index (κ1) is 12.0. The van der Waals surface area contributed by atoms with Crippen LogP contribution in [0.3, 0.4) is 0 Å². The van der Waals surface area contributed by atoms with E-state index in [2.05, 4.69) is 18.8 Å². The molecule has 92 valence electrons. The normalized spacial score (nSPS) is 22.8. The Kier molecular flexibility index (Phi) is 3.15. The van der Waals surface area contributed by atoms with Crippen LogP contribution in [0.5, 0.6) is 0 Å². The summed E-state index contributed by atoms with van der Waals surface area (Å²) in [5, 5.41) is 0. The molecule has 0 spiro atoms. The number of carbonyl (C=O) groups excluding carboxylic acids is 1. The number of hydrogen-bond acceptors (Lipinski definition) is 3. The van der Waals surface area contributed by atoms with Crippen molar-refractivity contribution in [1.29, 1.82) is 0 Å². The molecule has 1 amide bonds. The van der Waals surface area contributed by atoms with Crippen LogP contribution in [0.4, 0.5) is 0 Å². The minimum atomic E-state index is -0.134. The Labute approximate surface area is 102 Å². The van der Waals surface area contributed by atoms with Gasteiger partial charge < -0.3 is 10.6 Å². The van der Waals surface area contributed by atoms with E-state index in [1.807, 2.05) is 23.1 Å². The molecular formula is C13H19N3O. The molecule has 2 N–H and O–H groups in total. The third kappa shape index (κ3) is 2.64. The van der Waals surface area contributed by atoms with E-state index in [0.717, 1.165) is 12.1 Å². The molecular weight excluding hydrogens is 214 g/mol. The molecule has 1 aliphatic rings. The van der Waals surface area contributed by atoms with Crippen LogP contribution in [0.25, 0.3) is 0 Å². The first-order chi connectivity index (χ1) is 7.99. The molecule has 0 aromatic carbocycles. The summed E-state index contributed by atoms with van der Waals surface area (Å²) in [4.78, 5) is 18.3. The molecule has 1 aromatic rings. The quantitative estimate of drug-likeness (QED) is 0.827. The summed E-state index contributed by atoms with van der Waals surface area (Å²) in [5.41, 5.74) is 6.60. The number of rotatable bonds is 2. The van der Waals surface area contributed by atoms with Gasteiger partial charge in [0.25, 0.3) is 0 Å². The van der Waals surface area contributed by atoms with Gasteiger partial charge in [0.1, 0.15) is 0 Å². The second-order valence-electron chi connectivity index (χ2n) is 5.28. The molecule has 1 unspecified atom stereocenters. The zero-order valence-corrected chi connectivity index (χ0v) is 10.4. The molecule has 2 rings (SSSR count). The van der Waals surface area contributed by atoms with Gasteiger partial charge in [-0.15, -0.1) is 0 Å². The summed E-state index contributed by atoms with van der Waals surface area (Å²) in [6.45, 7) is 4.78. The van der Waals surface area contributed by atoms with Gasteiger partial charge in [-0.2, -0.15) is 0 Å². The van der Waals surface area contributed by atoms with Crippen molar-refractivity contribution in [3.8, 4) is 0 Å². The molecule has 2 heterocycles. The van der Waals surface area contributed by atoms with Crippen LogP contribution < -0.4 is 5.73 Å². The maximum atomic E-state index is 12.2. The van der Waals surface area contributed by atoms with E-state index in [1.165, 1.54) is 0 Å². The lowest BCUT2D eigenvalue weighted by Crippen LogP contribution is -2.43. The number of carbonyl (C=O) groups is 1. The summed E-state index contributed by atoms with van der Waals surface area (Å²) in [6.07, 6.45) is 2.93. The Hall–Kier alpha value is -1.42. The van der Waals surface area contributed by atoms with Crippen molar-refractivity contribution in [2.75, 3.05) is 6.54 Å². The van der Waals surface area contributed by atoms with Gasteiger partial charge in [0.05, 0.1) is 6.42 Å². The van der Waals surface area contributed by atoms with Crippen molar-refractivity contribution in [2.45, 2.75) is 38.3 Å². The van der Waals surface area contributed by atoms with Crippen molar-refractivity contribution < 1.29 is 4.79 Å². The van der Waals surface area contributed by atoms with Gasteiger partial charge in [-0.25, -0.2) is 0 Å². The lowest BCUT2D eigenvalue weighted by atomic mass is 10.0. The average Bonchev–Trinajstić information content (AvgIpc) is 2.53. The average molecular weight is 233 g/mol. The van der Waals surface area contributed by atoms with Crippen LogP contribution in [-0.2, 0) is 11.2 Å². The third-order valence-electron chi connectivity index (χ3n) is 3.27. The number of hydrogen-bond donors (Lipinski definition) is 1. The highest BCUT2D eigenvalue weighted by Crippen LogP contribution is 2.28. The zero-order chi connectivity index (χ0) is 12.5. The first-order valence-corrected chi connectivity index (χ1v) is 5.95. The molecule has 1 saturated heterocycles. The van der Waals surface area contributed by atoms with E-state index in [4.69, 9.17) is 5.73 Å². The lowest BCUT2D eigenvalue weighted by Gasteiger charge is -2.31. The summed E-state index contributed by atoms with van der Waals surface area (Å²) >= 11 is 0. The summed E-state index contributed by atoms with van der Waals surface area (Å²) in [6, 6.07) is 5.72. The van der Waals surface area contributed by atoms with Gasteiger partial charge in [-0.3, -0.25) is 9.78 Å². The Morgan fingerprint density at radius 2 is 2.35 bits per heavy atom.